The molecule has 0 saturated carbocycles. The zero-order valence-electron chi connectivity index (χ0n) is 37.4. The smallest absolute Gasteiger partial charge is 0.305 e. The first-order valence-corrected chi connectivity index (χ1v) is 24.0. The van der Waals surface area contributed by atoms with Gasteiger partial charge in [0.1, 0.15) is 42.0 Å². The fourth-order valence-corrected chi connectivity index (χ4v) is 7.56. The predicted octanol–water partition coefficient (Wildman–Crippen LogP) is -0.108. The number of carbonyl (C=O) groups is 8. The summed E-state index contributed by atoms with van der Waals surface area (Å²) in [5.41, 5.74) is 13.4. The number of aliphatic carboxylic acids is 1. The Morgan fingerprint density at radius 3 is 1.61 bits per heavy atom. The lowest BCUT2D eigenvalue weighted by atomic mass is 10.0. The van der Waals surface area contributed by atoms with Crippen molar-refractivity contribution in [3.05, 3.63) is 83.9 Å². The van der Waals surface area contributed by atoms with E-state index in [-0.39, 0.29) is 50.2 Å². The van der Waals surface area contributed by atoms with Gasteiger partial charge in [0.15, 0.2) is 0 Å². The number of H-pyrrole nitrogens is 1. The maximum Gasteiger partial charge on any atom is 0.305 e. The third-order valence-corrected chi connectivity index (χ3v) is 11.4. The van der Waals surface area contributed by atoms with Gasteiger partial charge in [-0.05, 0) is 78.9 Å². The Hall–Kier alpha value is -6.13. The van der Waals surface area contributed by atoms with Crippen LogP contribution in [0, 0.1) is 5.92 Å². The zero-order valence-corrected chi connectivity index (χ0v) is 39.0. The van der Waals surface area contributed by atoms with E-state index in [4.69, 9.17) is 11.5 Å². The molecule has 0 unspecified atom stereocenters. The van der Waals surface area contributed by atoms with Gasteiger partial charge in [-0.15, -0.1) is 0 Å². The lowest BCUT2D eigenvalue weighted by Gasteiger charge is -2.28. The second kappa shape index (κ2) is 28.0. The van der Waals surface area contributed by atoms with E-state index in [9.17, 15) is 48.6 Å². The molecule has 1 aromatic heterocycles. The van der Waals surface area contributed by atoms with Crippen LogP contribution in [-0.4, -0.2) is 134 Å². The minimum atomic E-state index is -1.54. The van der Waals surface area contributed by atoms with E-state index < -0.39 is 96.0 Å². The third-order valence-electron chi connectivity index (χ3n) is 10.1. The summed E-state index contributed by atoms with van der Waals surface area (Å²) in [6.07, 6.45) is 6.05. The van der Waals surface area contributed by atoms with Gasteiger partial charge in [-0.2, -0.15) is 23.5 Å². The molecule has 1 heterocycles. The van der Waals surface area contributed by atoms with Crippen LogP contribution in [0.5, 0.6) is 5.75 Å². The number of imidazole rings is 1. The van der Waals surface area contributed by atoms with Gasteiger partial charge in [0.25, 0.3) is 0 Å². The van der Waals surface area contributed by atoms with Crippen LogP contribution in [0.3, 0.4) is 0 Å². The van der Waals surface area contributed by atoms with Crippen molar-refractivity contribution in [2.75, 3.05) is 24.0 Å². The van der Waals surface area contributed by atoms with Crippen molar-refractivity contribution in [2.24, 2.45) is 17.4 Å². The topological polar surface area (TPSA) is 330 Å². The van der Waals surface area contributed by atoms with E-state index in [1.165, 1.54) is 48.2 Å². The Morgan fingerprint density at radius 2 is 1.11 bits per heavy atom. The fraction of sp³-hybridized carbons (Fsp3) is 0.477. The Bertz CT molecular complexity index is 2060. The normalized spacial score (nSPS) is 14.3. The van der Waals surface area contributed by atoms with Crippen LogP contribution in [0.1, 0.15) is 56.4 Å². The number of aromatic amines is 1. The quantitative estimate of drug-likeness (QED) is 0.0433. The standard InChI is InChI=1S/C44H62N10O10S2/c1-25(2)18-34(42(62)50-32(15-17-66-4)40(60)51-33(38(46)58)22-37(56)57)52-44(64)36(21-28-23-47-24-48-28)54-43(63)35(20-26-8-6-5-7-9-26)53-41(61)31(14-16-65-3)49-39(59)30(45)19-27-10-12-29(55)13-11-27/h5-13,23-25,30-36,55H,14-22,45H2,1-4H3,(H2,46,58)(H,47,48)(H,49,59)(H,50,62)(H,51,60)(H,52,64)(H,53,61)(H,54,63)(H,56,57)/t30-,31+,32-,33+,34-,35-,36-/m0/s1. The average Bonchev–Trinajstić information content (AvgIpc) is 3.79. The molecular formula is C44H62N10O10S2. The number of benzene rings is 2. The van der Waals surface area contributed by atoms with Gasteiger partial charge >= 0.3 is 5.97 Å². The number of carboxylic acid groups (broad SMARTS) is 1. The van der Waals surface area contributed by atoms with Gasteiger partial charge in [-0.1, -0.05) is 56.3 Å². The highest BCUT2D eigenvalue weighted by atomic mass is 32.2. The summed E-state index contributed by atoms with van der Waals surface area (Å²) < 4.78 is 0. The SMILES string of the molecule is CSCC[C@H](NC(=O)[C@H](CC(C)C)NC(=O)[C@H](Cc1cnc[nH]1)NC(=O)[C@H](Cc1ccccc1)NC(=O)[C@@H](CCSC)NC(=O)[C@@H](N)Cc1ccc(O)cc1)C(=O)N[C@H](CC(=O)O)C(N)=O. The molecule has 7 atom stereocenters. The van der Waals surface area contributed by atoms with Crippen LogP contribution in [0.2, 0.25) is 0 Å². The van der Waals surface area contributed by atoms with Crippen LogP contribution in [-0.2, 0) is 57.6 Å². The number of aromatic hydroxyl groups is 1. The van der Waals surface area contributed by atoms with E-state index in [1.54, 1.807) is 48.7 Å². The highest BCUT2D eigenvalue weighted by molar-refractivity contribution is 7.98. The molecule has 0 spiro atoms. The molecule has 0 radical (unpaired) electrons. The molecule has 66 heavy (non-hydrogen) atoms. The molecule has 20 nitrogen and oxygen atoms in total. The number of thioether (sulfide) groups is 2. The van der Waals surface area contributed by atoms with Gasteiger partial charge in [-0.3, -0.25) is 38.4 Å². The molecule has 0 bridgehead atoms. The average molecular weight is 955 g/mol. The summed E-state index contributed by atoms with van der Waals surface area (Å²) in [6, 6.07) is 6.28. The molecule has 2 aromatic carbocycles. The Kier molecular flexibility index (Phi) is 23.0. The monoisotopic (exact) mass is 954 g/mol. The van der Waals surface area contributed by atoms with Crippen molar-refractivity contribution in [2.45, 2.75) is 101 Å². The lowest BCUT2D eigenvalue weighted by Crippen LogP contribution is -2.60. The first-order valence-electron chi connectivity index (χ1n) is 21.3. The number of primary amides is 1. The molecule has 7 amide bonds. The van der Waals surface area contributed by atoms with Crippen molar-refractivity contribution >= 4 is 70.8 Å². The molecule has 3 aromatic rings. The number of nitrogens with one attached hydrogen (secondary N) is 7. The summed E-state index contributed by atoms with van der Waals surface area (Å²) in [6.45, 7) is 3.62. The second-order valence-corrected chi connectivity index (χ2v) is 18.0. The number of hydrogen-bond donors (Lipinski definition) is 11. The minimum Gasteiger partial charge on any atom is -0.508 e. The van der Waals surface area contributed by atoms with Gasteiger partial charge in [0.2, 0.25) is 41.4 Å². The van der Waals surface area contributed by atoms with E-state index in [0.717, 1.165) is 0 Å². The van der Waals surface area contributed by atoms with Crippen LogP contribution >= 0.6 is 23.5 Å². The Balaban J connectivity index is 1.89. The van der Waals surface area contributed by atoms with Crippen LogP contribution in [0.25, 0.3) is 0 Å². The van der Waals surface area contributed by atoms with E-state index in [2.05, 4.69) is 41.9 Å². The van der Waals surface area contributed by atoms with Gasteiger partial charge in [0.05, 0.1) is 18.8 Å². The van der Waals surface area contributed by atoms with Crippen LogP contribution in [0.4, 0.5) is 0 Å². The number of rotatable bonds is 29. The summed E-state index contributed by atoms with van der Waals surface area (Å²) in [4.78, 5) is 114. The molecule has 0 fully saturated rings. The minimum absolute atomic E-state index is 0.0126. The maximum absolute atomic E-state index is 14.4. The van der Waals surface area contributed by atoms with Crippen LogP contribution in [0.15, 0.2) is 67.1 Å². The molecule has 0 aliphatic heterocycles. The number of carboxylic acids is 1. The predicted molar refractivity (Wildman–Crippen MR) is 251 cm³/mol. The Morgan fingerprint density at radius 1 is 0.636 bits per heavy atom. The largest absolute Gasteiger partial charge is 0.508 e. The molecule has 3 rings (SSSR count). The van der Waals surface area contributed by atoms with Crippen molar-refractivity contribution in [3.8, 4) is 5.75 Å². The summed E-state index contributed by atoms with van der Waals surface area (Å²) in [5, 5.41) is 34.8. The molecule has 0 saturated heterocycles. The molecule has 360 valence electrons. The summed E-state index contributed by atoms with van der Waals surface area (Å²) in [5.74, 6) is -6.11. The Labute approximate surface area is 392 Å². The summed E-state index contributed by atoms with van der Waals surface area (Å²) in [7, 11) is 0. The lowest BCUT2D eigenvalue weighted by molar-refractivity contribution is -0.140. The molecule has 13 N–H and O–H groups in total. The van der Waals surface area contributed by atoms with Crippen molar-refractivity contribution in [1.82, 2.24) is 41.9 Å². The van der Waals surface area contributed by atoms with E-state index in [1.807, 2.05) is 20.1 Å². The van der Waals surface area contributed by atoms with Crippen molar-refractivity contribution < 1.29 is 48.6 Å². The number of nitrogens with zero attached hydrogens (tertiary/aromatic N) is 1. The highest BCUT2D eigenvalue weighted by Gasteiger charge is 2.34. The first-order chi connectivity index (χ1) is 31.4. The number of amides is 7. The zero-order chi connectivity index (χ0) is 48.8. The number of nitrogens with two attached hydrogens (primary N) is 2. The van der Waals surface area contributed by atoms with E-state index in [0.29, 0.717) is 28.3 Å². The number of hydrogen-bond acceptors (Lipinski definition) is 13. The number of phenols is 1. The van der Waals surface area contributed by atoms with Crippen LogP contribution < -0.4 is 43.4 Å². The van der Waals surface area contributed by atoms with Gasteiger partial charge < -0.3 is 58.6 Å². The summed E-state index contributed by atoms with van der Waals surface area (Å²) >= 11 is 2.82. The molecule has 0 aliphatic carbocycles. The molecular weight excluding hydrogens is 893 g/mol. The fourth-order valence-electron chi connectivity index (χ4n) is 6.61. The van der Waals surface area contributed by atoms with Gasteiger partial charge in [0, 0.05) is 24.7 Å². The van der Waals surface area contributed by atoms with E-state index >= 15 is 0 Å². The molecule has 22 heteroatoms. The molecule has 0 aliphatic rings. The van der Waals surface area contributed by atoms with Crippen molar-refractivity contribution in [3.63, 3.8) is 0 Å². The number of aromatic nitrogens is 2. The van der Waals surface area contributed by atoms with Gasteiger partial charge in [-0.25, -0.2) is 4.98 Å². The number of phenolic OH excluding ortho intramolecular Hbond substituents is 1. The third kappa shape index (κ3) is 19.1. The van der Waals surface area contributed by atoms with Crippen molar-refractivity contribution in [1.29, 1.82) is 0 Å². The number of carbonyl (C=O) groups excluding carboxylic acids is 7. The highest BCUT2D eigenvalue weighted by Crippen LogP contribution is 2.13. The second-order valence-electron chi connectivity index (χ2n) is 16.0. The first kappa shape index (κ1) is 54.2. The maximum atomic E-state index is 14.4.